The average molecular weight is 220 g/mol. The lowest BCUT2D eigenvalue weighted by Crippen LogP contribution is -2.28. The monoisotopic (exact) mass is 220 g/mol. The van der Waals surface area contributed by atoms with Crippen LogP contribution in [0.1, 0.15) is 31.9 Å². The zero-order valence-electron chi connectivity index (χ0n) is 10.1. The van der Waals surface area contributed by atoms with Crippen molar-refractivity contribution in [2.24, 2.45) is 0 Å². The number of aliphatic hydroxyl groups is 1. The zero-order chi connectivity index (χ0) is 11.6. The number of aromatic nitrogens is 1. The average Bonchev–Trinajstić information content (AvgIpc) is 2.39. The first-order valence-corrected chi connectivity index (χ1v) is 5.97. The number of hydrogen-bond donors (Lipinski definition) is 1. The van der Waals surface area contributed by atoms with Crippen LogP contribution in [0.2, 0.25) is 0 Å². The molecule has 1 N–H and O–H groups in total. The first-order chi connectivity index (χ1) is 7.57. The number of rotatable bonds is 1. The van der Waals surface area contributed by atoms with Crippen LogP contribution in [0.25, 0.3) is 0 Å². The predicted octanol–water partition coefficient (Wildman–Crippen LogP) is 2.13. The molecule has 1 saturated heterocycles. The van der Waals surface area contributed by atoms with Crippen LogP contribution in [0.5, 0.6) is 0 Å². The third-order valence-electron chi connectivity index (χ3n) is 3.31. The molecular formula is C13H20N2O. The maximum atomic E-state index is 10.0. The maximum absolute atomic E-state index is 10.0. The highest BCUT2D eigenvalue weighted by atomic mass is 16.3. The van der Waals surface area contributed by atoms with Crippen molar-refractivity contribution in [3.05, 3.63) is 24.0 Å². The predicted molar refractivity (Wildman–Crippen MR) is 65.7 cm³/mol. The molecule has 0 amide bonds. The van der Waals surface area contributed by atoms with Gasteiger partial charge in [0.2, 0.25) is 0 Å². The van der Waals surface area contributed by atoms with Crippen LogP contribution in [-0.4, -0.2) is 28.8 Å². The Hall–Kier alpha value is -1.09. The van der Waals surface area contributed by atoms with Crippen LogP contribution in [0.4, 0.5) is 5.69 Å². The van der Waals surface area contributed by atoms with Gasteiger partial charge in [-0.25, -0.2) is 0 Å². The van der Waals surface area contributed by atoms with Gasteiger partial charge in [0, 0.05) is 30.7 Å². The summed E-state index contributed by atoms with van der Waals surface area (Å²) < 4.78 is 0. The molecule has 2 heterocycles. The Kier molecular flexibility index (Phi) is 3.15. The van der Waals surface area contributed by atoms with E-state index in [9.17, 15) is 5.11 Å². The Morgan fingerprint density at radius 2 is 2.19 bits per heavy atom. The molecule has 3 nitrogen and oxygen atoms in total. The van der Waals surface area contributed by atoms with Gasteiger partial charge in [-0.05, 0) is 45.2 Å². The SMILES string of the molecule is Cc1cc(N2CCCC(C)(O)CC2)ccn1. The molecule has 0 bridgehead atoms. The van der Waals surface area contributed by atoms with Crippen LogP contribution in [0.3, 0.4) is 0 Å². The molecule has 0 radical (unpaired) electrons. The maximum Gasteiger partial charge on any atom is 0.0637 e. The minimum absolute atomic E-state index is 0.489. The van der Waals surface area contributed by atoms with Gasteiger partial charge in [0.25, 0.3) is 0 Å². The summed E-state index contributed by atoms with van der Waals surface area (Å²) in [4.78, 5) is 6.55. The van der Waals surface area contributed by atoms with E-state index in [2.05, 4.69) is 16.0 Å². The summed E-state index contributed by atoms with van der Waals surface area (Å²) in [6.45, 7) is 5.90. The normalized spacial score (nSPS) is 26.6. The Balaban J connectivity index is 2.11. The molecule has 0 aliphatic carbocycles. The molecule has 0 spiro atoms. The van der Waals surface area contributed by atoms with Gasteiger partial charge in [0.1, 0.15) is 0 Å². The summed E-state index contributed by atoms with van der Waals surface area (Å²) >= 11 is 0. The molecule has 0 aromatic carbocycles. The smallest absolute Gasteiger partial charge is 0.0637 e. The topological polar surface area (TPSA) is 36.4 Å². The summed E-state index contributed by atoms with van der Waals surface area (Å²) in [7, 11) is 0. The van der Waals surface area contributed by atoms with E-state index in [1.54, 1.807) is 0 Å². The molecule has 1 aromatic heterocycles. The van der Waals surface area contributed by atoms with Crippen LogP contribution in [0, 0.1) is 6.92 Å². The van der Waals surface area contributed by atoms with Crippen molar-refractivity contribution in [2.45, 2.75) is 38.7 Å². The van der Waals surface area contributed by atoms with Gasteiger partial charge in [-0.15, -0.1) is 0 Å². The second-order valence-electron chi connectivity index (χ2n) is 4.99. The highest BCUT2D eigenvalue weighted by Crippen LogP contribution is 2.25. The molecule has 3 heteroatoms. The molecular weight excluding hydrogens is 200 g/mol. The number of pyridine rings is 1. The molecule has 2 rings (SSSR count). The summed E-state index contributed by atoms with van der Waals surface area (Å²) in [5.74, 6) is 0. The Labute approximate surface area is 97.1 Å². The first kappa shape index (κ1) is 11.4. The van der Waals surface area contributed by atoms with E-state index in [1.807, 2.05) is 26.1 Å². The van der Waals surface area contributed by atoms with Crippen molar-refractivity contribution in [2.75, 3.05) is 18.0 Å². The standard InChI is InChI=1S/C13H20N2O/c1-11-10-12(4-7-14-11)15-8-3-5-13(2,16)6-9-15/h4,7,10,16H,3,5-6,8-9H2,1-2H3. The van der Waals surface area contributed by atoms with Gasteiger partial charge in [-0.2, -0.15) is 0 Å². The van der Waals surface area contributed by atoms with Crippen molar-refractivity contribution in [1.29, 1.82) is 0 Å². The van der Waals surface area contributed by atoms with Crippen LogP contribution in [-0.2, 0) is 0 Å². The Morgan fingerprint density at radius 3 is 2.94 bits per heavy atom. The Morgan fingerprint density at radius 1 is 1.38 bits per heavy atom. The van der Waals surface area contributed by atoms with Crippen molar-refractivity contribution >= 4 is 5.69 Å². The van der Waals surface area contributed by atoms with Gasteiger partial charge in [0.15, 0.2) is 0 Å². The van der Waals surface area contributed by atoms with E-state index in [4.69, 9.17) is 0 Å². The van der Waals surface area contributed by atoms with Crippen LogP contribution >= 0.6 is 0 Å². The molecule has 16 heavy (non-hydrogen) atoms. The quantitative estimate of drug-likeness (QED) is 0.787. The third-order valence-corrected chi connectivity index (χ3v) is 3.31. The second kappa shape index (κ2) is 4.42. The molecule has 1 atom stereocenters. The van der Waals surface area contributed by atoms with Gasteiger partial charge < -0.3 is 10.0 Å². The lowest BCUT2D eigenvalue weighted by Gasteiger charge is -2.24. The van der Waals surface area contributed by atoms with Crippen molar-refractivity contribution < 1.29 is 5.11 Å². The lowest BCUT2D eigenvalue weighted by atomic mass is 9.98. The zero-order valence-corrected chi connectivity index (χ0v) is 10.1. The molecule has 0 saturated carbocycles. The largest absolute Gasteiger partial charge is 0.390 e. The van der Waals surface area contributed by atoms with Crippen molar-refractivity contribution in [1.82, 2.24) is 4.98 Å². The minimum atomic E-state index is -0.489. The fourth-order valence-electron chi connectivity index (χ4n) is 2.25. The lowest BCUT2D eigenvalue weighted by molar-refractivity contribution is 0.0481. The summed E-state index contributed by atoms with van der Waals surface area (Å²) in [5, 5.41) is 10.0. The molecule has 88 valence electrons. The fraction of sp³-hybridized carbons (Fsp3) is 0.615. The molecule has 1 aromatic rings. The number of anilines is 1. The van der Waals surface area contributed by atoms with E-state index >= 15 is 0 Å². The Bertz CT molecular complexity index is 363. The van der Waals surface area contributed by atoms with E-state index in [-0.39, 0.29) is 0 Å². The first-order valence-electron chi connectivity index (χ1n) is 5.97. The van der Waals surface area contributed by atoms with Gasteiger partial charge in [-0.1, -0.05) is 0 Å². The third kappa shape index (κ3) is 2.73. The highest BCUT2D eigenvalue weighted by Gasteiger charge is 2.24. The number of nitrogens with zero attached hydrogens (tertiary/aromatic N) is 2. The highest BCUT2D eigenvalue weighted by molar-refractivity contribution is 5.46. The fourth-order valence-corrected chi connectivity index (χ4v) is 2.25. The molecule has 1 aliphatic rings. The van der Waals surface area contributed by atoms with Crippen LogP contribution in [0.15, 0.2) is 18.3 Å². The van der Waals surface area contributed by atoms with Gasteiger partial charge in [0.05, 0.1) is 5.60 Å². The van der Waals surface area contributed by atoms with Crippen LogP contribution < -0.4 is 4.90 Å². The molecule has 1 unspecified atom stereocenters. The van der Waals surface area contributed by atoms with E-state index < -0.39 is 5.60 Å². The molecule has 1 aliphatic heterocycles. The van der Waals surface area contributed by atoms with Gasteiger partial charge in [-0.3, -0.25) is 4.98 Å². The number of hydrogen-bond acceptors (Lipinski definition) is 3. The minimum Gasteiger partial charge on any atom is -0.390 e. The van der Waals surface area contributed by atoms with Gasteiger partial charge >= 0.3 is 0 Å². The molecule has 1 fully saturated rings. The summed E-state index contributed by atoms with van der Waals surface area (Å²) in [6.07, 6.45) is 4.64. The van der Waals surface area contributed by atoms with Crippen molar-refractivity contribution in [3.8, 4) is 0 Å². The van der Waals surface area contributed by atoms with E-state index in [0.717, 1.165) is 38.0 Å². The number of aryl methyl sites for hydroxylation is 1. The van der Waals surface area contributed by atoms with E-state index in [0.29, 0.717) is 0 Å². The van der Waals surface area contributed by atoms with Crippen molar-refractivity contribution in [3.63, 3.8) is 0 Å². The summed E-state index contributed by atoms with van der Waals surface area (Å²) in [6, 6.07) is 4.16. The summed E-state index contributed by atoms with van der Waals surface area (Å²) in [5.41, 5.74) is 1.79. The van der Waals surface area contributed by atoms with E-state index in [1.165, 1.54) is 5.69 Å². The second-order valence-corrected chi connectivity index (χ2v) is 4.99.